The average molecular weight is 320 g/mol. The lowest BCUT2D eigenvalue weighted by molar-refractivity contribution is -0.133. The van der Waals surface area contributed by atoms with Gasteiger partial charge in [0.1, 0.15) is 0 Å². The Morgan fingerprint density at radius 2 is 1.74 bits per heavy atom. The molecule has 0 bridgehead atoms. The number of amides is 2. The van der Waals surface area contributed by atoms with Crippen LogP contribution < -0.4 is 11.1 Å². The zero-order chi connectivity index (χ0) is 17.1. The monoisotopic (exact) mass is 320 g/mol. The number of hydrogen-bond donors (Lipinski definition) is 2. The summed E-state index contributed by atoms with van der Waals surface area (Å²) in [6.45, 7) is 7.99. The van der Waals surface area contributed by atoms with Crippen molar-refractivity contribution in [2.75, 3.05) is 39.3 Å². The number of carbonyl (C=O) groups is 2. The van der Waals surface area contributed by atoms with E-state index in [4.69, 9.17) is 5.73 Å². The molecule has 0 aliphatic carbocycles. The Kier molecular flexibility index (Phi) is 8.94. The van der Waals surface area contributed by atoms with Crippen molar-refractivity contribution in [3.63, 3.8) is 0 Å². The van der Waals surface area contributed by atoms with E-state index in [0.717, 1.165) is 25.2 Å². The number of hydrogen-bond acceptors (Lipinski definition) is 4. The van der Waals surface area contributed by atoms with Gasteiger partial charge in [0.2, 0.25) is 11.8 Å². The highest BCUT2D eigenvalue weighted by Crippen LogP contribution is 2.05. The van der Waals surface area contributed by atoms with E-state index in [2.05, 4.69) is 24.1 Å². The molecule has 1 aromatic carbocycles. The fourth-order valence-electron chi connectivity index (χ4n) is 2.26. The molecule has 1 rings (SSSR count). The van der Waals surface area contributed by atoms with Gasteiger partial charge in [0.25, 0.3) is 0 Å². The molecule has 0 aromatic heterocycles. The Balaban J connectivity index is 2.66. The second kappa shape index (κ2) is 10.7. The highest BCUT2D eigenvalue weighted by atomic mass is 16.2. The predicted octanol–water partition coefficient (Wildman–Crippen LogP) is 0.432. The van der Waals surface area contributed by atoms with Crippen LogP contribution in [0.4, 0.5) is 0 Å². The number of nitrogens with zero attached hydrogens (tertiary/aromatic N) is 2. The fraction of sp³-hybridized carbons (Fsp3) is 0.529. The second-order valence-electron chi connectivity index (χ2n) is 5.31. The molecule has 0 radical (unpaired) electrons. The molecular weight excluding hydrogens is 292 g/mol. The molecule has 3 N–H and O–H groups in total. The molecular formula is C17H28N4O2. The molecule has 0 heterocycles. The minimum absolute atomic E-state index is 0.0128. The average Bonchev–Trinajstić information content (AvgIpc) is 2.59. The van der Waals surface area contributed by atoms with Crippen LogP contribution in [0.2, 0.25) is 0 Å². The molecule has 0 aliphatic rings. The summed E-state index contributed by atoms with van der Waals surface area (Å²) in [4.78, 5) is 27.7. The van der Waals surface area contributed by atoms with Crippen LogP contribution in [0.15, 0.2) is 30.3 Å². The molecule has 6 heteroatoms. The highest BCUT2D eigenvalue weighted by Gasteiger charge is 2.15. The molecule has 23 heavy (non-hydrogen) atoms. The summed E-state index contributed by atoms with van der Waals surface area (Å²) in [5, 5.41) is 2.55. The summed E-state index contributed by atoms with van der Waals surface area (Å²) in [7, 11) is 0. The van der Waals surface area contributed by atoms with Crippen LogP contribution in [0, 0.1) is 0 Å². The maximum Gasteiger partial charge on any atom is 0.242 e. The zero-order valence-electron chi connectivity index (χ0n) is 14.1. The lowest BCUT2D eigenvalue weighted by Crippen LogP contribution is -2.44. The summed E-state index contributed by atoms with van der Waals surface area (Å²) >= 11 is 0. The van der Waals surface area contributed by atoms with Gasteiger partial charge in [-0.1, -0.05) is 44.2 Å². The number of nitrogens with two attached hydrogens (primary N) is 1. The number of benzene rings is 1. The van der Waals surface area contributed by atoms with Crippen molar-refractivity contribution < 1.29 is 9.59 Å². The van der Waals surface area contributed by atoms with E-state index in [0.29, 0.717) is 13.1 Å². The van der Waals surface area contributed by atoms with Gasteiger partial charge in [-0.2, -0.15) is 0 Å². The van der Waals surface area contributed by atoms with E-state index in [1.54, 1.807) is 4.90 Å². The van der Waals surface area contributed by atoms with E-state index in [9.17, 15) is 9.59 Å². The fourth-order valence-corrected chi connectivity index (χ4v) is 2.26. The second-order valence-corrected chi connectivity index (χ2v) is 5.31. The quantitative estimate of drug-likeness (QED) is 0.655. The molecule has 128 valence electrons. The topological polar surface area (TPSA) is 78.7 Å². The number of likely N-dealkylation sites (N-methyl/N-ethyl adjacent to an activating group) is 1. The van der Waals surface area contributed by atoms with Crippen LogP contribution in [0.3, 0.4) is 0 Å². The summed E-state index contributed by atoms with van der Waals surface area (Å²) in [5.41, 5.74) is 6.32. The maximum atomic E-state index is 12.4. The van der Waals surface area contributed by atoms with E-state index in [-0.39, 0.29) is 24.9 Å². The van der Waals surface area contributed by atoms with E-state index >= 15 is 0 Å². The summed E-state index contributed by atoms with van der Waals surface area (Å²) < 4.78 is 0. The Morgan fingerprint density at radius 1 is 1.09 bits per heavy atom. The molecule has 0 saturated carbocycles. The lowest BCUT2D eigenvalue weighted by Gasteiger charge is -2.27. The van der Waals surface area contributed by atoms with Crippen molar-refractivity contribution in [3.05, 3.63) is 35.9 Å². The van der Waals surface area contributed by atoms with Crippen molar-refractivity contribution in [2.24, 2.45) is 5.73 Å². The van der Waals surface area contributed by atoms with Crippen molar-refractivity contribution in [1.82, 2.24) is 15.1 Å². The van der Waals surface area contributed by atoms with Gasteiger partial charge in [-0.05, 0) is 18.7 Å². The SMILES string of the molecule is CCN(CC)CCN(Cc1ccccc1)C(=O)CNC(=O)CN. The molecule has 1 aromatic rings. The first-order valence-corrected chi connectivity index (χ1v) is 8.11. The van der Waals surface area contributed by atoms with Crippen molar-refractivity contribution in [3.8, 4) is 0 Å². The van der Waals surface area contributed by atoms with Gasteiger partial charge in [0.15, 0.2) is 0 Å². The third-order valence-corrected chi connectivity index (χ3v) is 3.77. The minimum Gasteiger partial charge on any atom is -0.346 e. The Bertz CT molecular complexity index is 475. The molecule has 0 fully saturated rings. The van der Waals surface area contributed by atoms with Crippen molar-refractivity contribution >= 4 is 11.8 Å². The maximum absolute atomic E-state index is 12.4. The zero-order valence-corrected chi connectivity index (χ0v) is 14.1. The van der Waals surface area contributed by atoms with Crippen LogP contribution in [-0.4, -0.2) is 60.9 Å². The van der Waals surface area contributed by atoms with Crippen LogP contribution >= 0.6 is 0 Å². The molecule has 0 atom stereocenters. The van der Waals surface area contributed by atoms with E-state index in [1.165, 1.54) is 0 Å². The third kappa shape index (κ3) is 7.25. The van der Waals surface area contributed by atoms with E-state index < -0.39 is 0 Å². The summed E-state index contributed by atoms with van der Waals surface area (Å²) in [6.07, 6.45) is 0. The molecule has 0 spiro atoms. The first-order chi connectivity index (χ1) is 11.1. The van der Waals surface area contributed by atoms with Gasteiger partial charge >= 0.3 is 0 Å². The number of rotatable bonds is 10. The largest absolute Gasteiger partial charge is 0.346 e. The smallest absolute Gasteiger partial charge is 0.242 e. The normalized spacial score (nSPS) is 10.6. The molecule has 2 amide bonds. The number of nitrogens with one attached hydrogen (secondary N) is 1. The molecule has 6 nitrogen and oxygen atoms in total. The lowest BCUT2D eigenvalue weighted by atomic mass is 10.2. The van der Waals surface area contributed by atoms with Crippen LogP contribution in [-0.2, 0) is 16.1 Å². The van der Waals surface area contributed by atoms with Gasteiger partial charge in [-0.3, -0.25) is 9.59 Å². The summed E-state index contributed by atoms with van der Waals surface area (Å²) in [6, 6.07) is 9.86. The Morgan fingerprint density at radius 3 is 2.30 bits per heavy atom. The Labute approximate surface area is 138 Å². The van der Waals surface area contributed by atoms with Crippen molar-refractivity contribution in [2.45, 2.75) is 20.4 Å². The third-order valence-electron chi connectivity index (χ3n) is 3.77. The number of carbonyl (C=O) groups excluding carboxylic acids is 2. The van der Waals surface area contributed by atoms with Crippen LogP contribution in [0.25, 0.3) is 0 Å². The highest BCUT2D eigenvalue weighted by molar-refractivity contribution is 5.85. The van der Waals surface area contributed by atoms with E-state index in [1.807, 2.05) is 30.3 Å². The minimum atomic E-state index is -0.318. The van der Waals surface area contributed by atoms with Gasteiger partial charge in [0, 0.05) is 19.6 Å². The standard InChI is InChI=1S/C17H28N4O2/c1-3-20(4-2)10-11-21(14-15-8-6-5-7-9-15)17(23)13-19-16(22)12-18/h5-9H,3-4,10-14,18H2,1-2H3,(H,19,22). The van der Waals surface area contributed by atoms with Gasteiger partial charge in [-0.15, -0.1) is 0 Å². The molecule has 0 aliphatic heterocycles. The van der Waals surface area contributed by atoms with Crippen LogP contribution in [0.5, 0.6) is 0 Å². The van der Waals surface area contributed by atoms with Gasteiger partial charge in [0.05, 0.1) is 13.1 Å². The molecule has 0 unspecified atom stereocenters. The predicted molar refractivity (Wildman–Crippen MR) is 91.7 cm³/mol. The van der Waals surface area contributed by atoms with Gasteiger partial charge < -0.3 is 20.9 Å². The van der Waals surface area contributed by atoms with Crippen molar-refractivity contribution in [1.29, 1.82) is 0 Å². The first kappa shape index (κ1) is 19.1. The van der Waals surface area contributed by atoms with Gasteiger partial charge in [-0.25, -0.2) is 0 Å². The first-order valence-electron chi connectivity index (χ1n) is 8.11. The van der Waals surface area contributed by atoms with Crippen LogP contribution in [0.1, 0.15) is 19.4 Å². The Hall–Kier alpha value is -1.92. The molecule has 0 saturated heterocycles. The summed E-state index contributed by atoms with van der Waals surface area (Å²) in [5.74, 6) is -0.412.